The third-order valence-corrected chi connectivity index (χ3v) is 3.09. The first kappa shape index (κ1) is 9.97. The van der Waals surface area contributed by atoms with Crippen molar-refractivity contribution in [2.24, 2.45) is 0 Å². The maximum atomic E-state index is 3.31. The summed E-state index contributed by atoms with van der Waals surface area (Å²) in [6.45, 7) is 0. The van der Waals surface area contributed by atoms with Gasteiger partial charge in [-0.3, -0.25) is 0 Å². The van der Waals surface area contributed by atoms with E-state index in [0.29, 0.717) is 0 Å². The van der Waals surface area contributed by atoms with Crippen LogP contribution in [0.1, 0.15) is 0 Å². The average molecular weight is 222 g/mol. The van der Waals surface area contributed by atoms with Gasteiger partial charge in [-0.2, -0.15) is 0 Å². The number of allylic oxidation sites excluding steroid dienone is 2. The van der Waals surface area contributed by atoms with Gasteiger partial charge in [-0.25, -0.2) is 0 Å². The number of fused-ring (bicyclic) bond motifs is 2. The van der Waals surface area contributed by atoms with Crippen LogP contribution in [0.5, 0.6) is 0 Å². The summed E-state index contributed by atoms with van der Waals surface area (Å²) in [4.78, 5) is 0. The molecular formula is C15H14N2. The third-order valence-electron chi connectivity index (χ3n) is 3.09. The summed E-state index contributed by atoms with van der Waals surface area (Å²) in [5.74, 6) is 0. The number of hydrogen-bond donors (Lipinski definition) is 2. The lowest BCUT2D eigenvalue weighted by Crippen LogP contribution is -2.31. The lowest BCUT2D eigenvalue weighted by Gasteiger charge is -2.15. The van der Waals surface area contributed by atoms with E-state index in [9.17, 15) is 0 Å². The van der Waals surface area contributed by atoms with Gasteiger partial charge in [0, 0.05) is 30.2 Å². The zero-order valence-electron chi connectivity index (χ0n) is 9.70. The molecule has 2 aliphatic rings. The molecule has 1 aliphatic carbocycles. The number of benzene rings is 1. The van der Waals surface area contributed by atoms with Crippen molar-refractivity contribution in [3.8, 4) is 0 Å². The minimum absolute atomic E-state index is 1.16. The molecule has 2 nitrogen and oxygen atoms in total. The van der Waals surface area contributed by atoms with Crippen molar-refractivity contribution >= 4 is 11.8 Å². The van der Waals surface area contributed by atoms with Gasteiger partial charge in [-0.1, -0.05) is 36.4 Å². The van der Waals surface area contributed by atoms with Gasteiger partial charge >= 0.3 is 0 Å². The summed E-state index contributed by atoms with van der Waals surface area (Å²) in [5, 5.41) is 8.95. The van der Waals surface area contributed by atoms with E-state index in [0.717, 1.165) is 5.70 Å². The van der Waals surface area contributed by atoms with Crippen LogP contribution in [0.4, 0.5) is 0 Å². The molecule has 1 aromatic rings. The van der Waals surface area contributed by atoms with Crippen molar-refractivity contribution < 1.29 is 0 Å². The molecule has 0 unspecified atom stereocenters. The fourth-order valence-electron chi connectivity index (χ4n) is 2.27. The molecule has 0 spiro atoms. The maximum Gasteiger partial charge on any atom is 0.0511 e. The molecule has 3 rings (SSSR count). The zero-order valence-corrected chi connectivity index (χ0v) is 9.70. The highest BCUT2D eigenvalue weighted by molar-refractivity contribution is 5.76. The van der Waals surface area contributed by atoms with Crippen molar-refractivity contribution in [3.63, 3.8) is 0 Å². The SMILES string of the molecule is CNC1=c2ccccc2=CC=C2C=CNC=C21. The Morgan fingerprint density at radius 3 is 2.88 bits per heavy atom. The van der Waals surface area contributed by atoms with Crippen LogP contribution in [-0.2, 0) is 0 Å². The van der Waals surface area contributed by atoms with Gasteiger partial charge in [0.15, 0.2) is 0 Å². The Morgan fingerprint density at radius 1 is 1.12 bits per heavy atom. The lowest BCUT2D eigenvalue weighted by atomic mass is 10.0. The van der Waals surface area contributed by atoms with Gasteiger partial charge in [-0.15, -0.1) is 0 Å². The Kier molecular flexibility index (Phi) is 2.33. The van der Waals surface area contributed by atoms with Crippen molar-refractivity contribution in [1.82, 2.24) is 10.6 Å². The molecule has 2 N–H and O–H groups in total. The first-order chi connectivity index (χ1) is 8.40. The standard InChI is InChI=1S/C15H14N2/c1-16-15-13-5-3-2-4-11(13)6-7-12-8-9-17-10-14(12)15/h2-10,16-17H,1H3. The molecule has 0 amide bonds. The van der Waals surface area contributed by atoms with Crippen molar-refractivity contribution in [2.45, 2.75) is 0 Å². The predicted molar refractivity (Wildman–Crippen MR) is 71.1 cm³/mol. The topological polar surface area (TPSA) is 24.1 Å². The largest absolute Gasteiger partial charge is 0.387 e. The number of nitrogens with one attached hydrogen (secondary N) is 2. The summed E-state index contributed by atoms with van der Waals surface area (Å²) < 4.78 is 0. The van der Waals surface area contributed by atoms with Crippen LogP contribution >= 0.6 is 0 Å². The lowest BCUT2D eigenvalue weighted by molar-refractivity contribution is 1.07. The molecule has 2 heteroatoms. The van der Waals surface area contributed by atoms with Crippen molar-refractivity contribution in [2.75, 3.05) is 7.05 Å². The van der Waals surface area contributed by atoms with Crippen LogP contribution in [-0.4, -0.2) is 7.05 Å². The van der Waals surface area contributed by atoms with Gasteiger partial charge in [-0.05, 0) is 16.9 Å². The van der Waals surface area contributed by atoms with Crippen LogP contribution in [0.25, 0.3) is 11.8 Å². The van der Waals surface area contributed by atoms with E-state index in [1.807, 2.05) is 19.4 Å². The number of rotatable bonds is 1. The molecule has 0 aromatic heterocycles. The Bertz CT molecular complexity index is 660. The second kappa shape index (κ2) is 3.98. The molecule has 0 atom stereocenters. The summed E-state index contributed by atoms with van der Waals surface area (Å²) in [5.41, 5.74) is 3.60. The van der Waals surface area contributed by atoms with Gasteiger partial charge in [0.2, 0.25) is 0 Å². The van der Waals surface area contributed by atoms with Crippen molar-refractivity contribution in [1.29, 1.82) is 0 Å². The van der Waals surface area contributed by atoms with Crippen LogP contribution in [0.3, 0.4) is 0 Å². The Hall–Kier alpha value is -2.22. The Labute approximate surface area is 100 Å². The first-order valence-electron chi connectivity index (χ1n) is 5.73. The summed E-state index contributed by atoms with van der Waals surface area (Å²) >= 11 is 0. The van der Waals surface area contributed by atoms with E-state index < -0.39 is 0 Å². The predicted octanol–water partition coefficient (Wildman–Crippen LogP) is 0.735. The highest BCUT2D eigenvalue weighted by Gasteiger charge is 2.12. The molecule has 0 radical (unpaired) electrons. The minimum Gasteiger partial charge on any atom is -0.387 e. The van der Waals surface area contributed by atoms with Gasteiger partial charge in [0.05, 0.1) is 5.70 Å². The van der Waals surface area contributed by atoms with Crippen molar-refractivity contribution in [3.05, 3.63) is 70.4 Å². The second-order valence-corrected chi connectivity index (χ2v) is 4.06. The monoisotopic (exact) mass is 222 g/mol. The summed E-state index contributed by atoms with van der Waals surface area (Å²) in [7, 11) is 1.97. The highest BCUT2D eigenvalue weighted by Crippen LogP contribution is 2.21. The second-order valence-electron chi connectivity index (χ2n) is 4.06. The molecule has 84 valence electrons. The van der Waals surface area contributed by atoms with E-state index in [1.54, 1.807) is 0 Å². The summed E-state index contributed by atoms with van der Waals surface area (Å²) in [6.07, 6.45) is 10.4. The van der Waals surface area contributed by atoms with Crippen LogP contribution in [0, 0.1) is 0 Å². The fraction of sp³-hybridized carbons (Fsp3) is 0.0667. The molecular weight excluding hydrogens is 208 g/mol. The molecule has 0 saturated heterocycles. The number of hydrogen-bond acceptors (Lipinski definition) is 2. The third kappa shape index (κ3) is 1.58. The van der Waals surface area contributed by atoms with Gasteiger partial charge in [0.1, 0.15) is 0 Å². The smallest absolute Gasteiger partial charge is 0.0511 e. The zero-order chi connectivity index (χ0) is 11.7. The number of likely N-dealkylation sites (N-methyl/N-ethyl adjacent to an activating group) is 1. The van der Waals surface area contributed by atoms with Crippen LogP contribution in [0.15, 0.2) is 60.0 Å². The molecule has 17 heavy (non-hydrogen) atoms. The summed E-state index contributed by atoms with van der Waals surface area (Å²) in [6, 6.07) is 8.42. The van der Waals surface area contributed by atoms with Crippen LogP contribution < -0.4 is 21.1 Å². The van der Waals surface area contributed by atoms with E-state index in [-0.39, 0.29) is 0 Å². The molecule has 0 bridgehead atoms. The normalized spacial score (nSPS) is 16.6. The Morgan fingerprint density at radius 2 is 2.00 bits per heavy atom. The minimum atomic E-state index is 1.16. The average Bonchev–Trinajstić information content (AvgIpc) is 2.55. The quantitative estimate of drug-likeness (QED) is 0.732. The molecule has 1 aliphatic heterocycles. The molecule has 0 saturated carbocycles. The van der Waals surface area contributed by atoms with Gasteiger partial charge < -0.3 is 10.6 Å². The number of dihydropyridines is 1. The molecule has 1 heterocycles. The van der Waals surface area contributed by atoms with E-state index in [2.05, 4.69) is 53.1 Å². The Balaban J connectivity index is 2.40. The molecule has 1 aromatic carbocycles. The van der Waals surface area contributed by atoms with Gasteiger partial charge in [0.25, 0.3) is 0 Å². The van der Waals surface area contributed by atoms with E-state index in [1.165, 1.54) is 21.6 Å². The maximum absolute atomic E-state index is 3.31. The first-order valence-corrected chi connectivity index (χ1v) is 5.73. The fourth-order valence-corrected chi connectivity index (χ4v) is 2.27. The molecule has 0 fully saturated rings. The van der Waals surface area contributed by atoms with E-state index in [4.69, 9.17) is 0 Å². The highest BCUT2D eigenvalue weighted by atomic mass is 14.9. The van der Waals surface area contributed by atoms with E-state index >= 15 is 0 Å². The van der Waals surface area contributed by atoms with Crippen LogP contribution in [0.2, 0.25) is 0 Å².